The first kappa shape index (κ1) is 14.9. The predicted octanol–water partition coefficient (Wildman–Crippen LogP) is 3.88. The fraction of sp³-hybridized carbons (Fsp3) is 0.562. The van der Waals surface area contributed by atoms with E-state index in [1.54, 1.807) is 7.11 Å². The molecule has 0 aliphatic carbocycles. The van der Waals surface area contributed by atoms with Crippen molar-refractivity contribution in [3.05, 3.63) is 35.4 Å². The molecule has 2 nitrogen and oxygen atoms in total. The Morgan fingerprint density at radius 1 is 1.22 bits per heavy atom. The molecule has 2 heteroatoms. The van der Waals surface area contributed by atoms with Crippen molar-refractivity contribution in [2.24, 2.45) is 5.41 Å². The third kappa shape index (κ3) is 3.67. The molecule has 0 aliphatic rings. The molecule has 0 spiro atoms. The van der Waals surface area contributed by atoms with E-state index >= 15 is 0 Å². The van der Waals surface area contributed by atoms with E-state index in [9.17, 15) is 4.79 Å². The Morgan fingerprint density at radius 2 is 1.78 bits per heavy atom. The lowest BCUT2D eigenvalue weighted by atomic mass is 9.84. The average molecular weight is 248 g/mol. The van der Waals surface area contributed by atoms with Gasteiger partial charge < -0.3 is 4.74 Å². The van der Waals surface area contributed by atoms with Gasteiger partial charge in [-0.25, -0.2) is 0 Å². The minimum atomic E-state index is -0.394. The first-order chi connectivity index (χ1) is 8.40. The largest absolute Gasteiger partial charge is 0.373 e. The van der Waals surface area contributed by atoms with Crippen molar-refractivity contribution >= 4 is 5.78 Å². The number of benzene rings is 1. The van der Waals surface area contributed by atoms with Gasteiger partial charge >= 0.3 is 0 Å². The normalized spacial score (nSPS) is 13.4. The summed E-state index contributed by atoms with van der Waals surface area (Å²) in [4.78, 5) is 12.4. The number of hydrogen-bond acceptors (Lipinski definition) is 2. The Bertz CT molecular complexity index is 385. The van der Waals surface area contributed by atoms with Gasteiger partial charge in [0.05, 0.1) is 0 Å². The second-order valence-corrected chi connectivity index (χ2v) is 5.79. The van der Waals surface area contributed by atoms with Gasteiger partial charge in [-0.3, -0.25) is 4.79 Å². The van der Waals surface area contributed by atoms with Gasteiger partial charge in [-0.1, -0.05) is 58.4 Å². The Kier molecular flexibility index (Phi) is 5.09. The van der Waals surface area contributed by atoms with Crippen LogP contribution in [0.4, 0.5) is 0 Å². The van der Waals surface area contributed by atoms with Crippen LogP contribution in [0.1, 0.15) is 50.0 Å². The summed E-state index contributed by atoms with van der Waals surface area (Å²) in [5.74, 6) is 0.0630. The monoisotopic (exact) mass is 248 g/mol. The van der Waals surface area contributed by atoms with E-state index in [1.807, 2.05) is 45.0 Å². The summed E-state index contributed by atoms with van der Waals surface area (Å²) in [5, 5.41) is 0. The van der Waals surface area contributed by atoms with E-state index in [4.69, 9.17) is 4.74 Å². The van der Waals surface area contributed by atoms with Crippen molar-refractivity contribution in [2.75, 3.05) is 7.11 Å². The fourth-order valence-corrected chi connectivity index (χ4v) is 2.13. The van der Waals surface area contributed by atoms with Crippen LogP contribution in [0.15, 0.2) is 24.3 Å². The van der Waals surface area contributed by atoms with E-state index in [1.165, 1.54) is 5.56 Å². The van der Waals surface area contributed by atoms with Gasteiger partial charge in [0.1, 0.15) is 6.10 Å². The van der Waals surface area contributed by atoms with E-state index < -0.39 is 6.10 Å². The molecule has 0 amide bonds. The molecular weight excluding hydrogens is 224 g/mol. The lowest BCUT2D eigenvalue weighted by molar-refractivity contribution is 0.0196. The van der Waals surface area contributed by atoms with Crippen LogP contribution in [0, 0.1) is 5.41 Å². The second kappa shape index (κ2) is 6.14. The Hall–Kier alpha value is -1.15. The lowest BCUT2D eigenvalue weighted by Gasteiger charge is -2.28. The van der Waals surface area contributed by atoms with Crippen LogP contribution in [-0.2, 0) is 11.2 Å². The number of Topliss-reactive ketones (excluding diaryl/α,β-unsaturated/α-hetero) is 1. The van der Waals surface area contributed by atoms with Crippen molar-refractivity contribution in [1.29, 1.82) is 0 Å². The highest BCUT2D eigenvalue weighted by Crippen LogP contribution is 2.25. The van der Waals surface area contributed by atoms with Gasteiger partial charge in [0.25, 0.3) is 0 Å². The molecule has 0 saturated carbocycles. The van der Waals surface area contributed by atoms with Crippen molar-refractivity contribution in [3.8, 4) is 0 Å². The quantitative estimate of drug-likeness (QED) is 0.739. The number of carbonyl (C=O) groups is 1. The topological polar surface area (TPSA) is 26.3 Å². The third-order valence-corrected chi connectivity index (χ3v) is 3.04. The number of hydrogen-bond donors (Lipinski definition) is 0. The molecule has 0 fully saturated rings. The van der Waals surface area contributed by atoms with E-state index in [0.717, 1.165) is 18.4 Å². The fourth-order valence-electron chi connectivity index (χ4n) is 2.13. The zero-order valence-corrected chi connectivity index (χ0v) is 12.1. The summed E-state index contributed by atoms with van der Waals surface area (Å²) in [7, 11) is 1.60. The second-order valence-electron chi connectivity index (χ2n) is 5.79. The highest BCUT2D eigenvalue weighted by Gasteiger charge is 2.31. The van der Waals surface area contributed by atoms with Crippen molar-refractivity contribution in [3.63, 3.8) is 0 Å². The number of aryl methyl sites for hydroxylation is 1. The first-order valence-corrected chi connectivity index (χ1v) is 6.56. The predicted molar refractivity (Wildman–Crippen MR) is 75.0 cm³/mol. The molecule has 0 saturated heterocycles. The molecule has 1 atom stereocenters. The summed E-state index contributed by atoms with van der Waals surface area (Å²) in [6, 6.07) is 7.88. The smallest absolute Gasteiger partial charge is 0.192 e. The number of carbonyl (C=O) groups excluding carboxylic acids is 1. The molecule has 0 bridgehead atoms. The molecule has 0 radical (unpaired) electrons. The molecule has 0 heterocycles. The molecule has 1 aromatic carbocycles. The Labute approximate surface area is 110 Å². The first-order valence-electron chi connectivity index (χ1n) is 6.56. The molecule has 0 aromatic heterocycles. The molecule has 0 aliphatic heterocycles. The van der Waals surface area contributed by atoms with Gasteiger partial charge in [-0.05, 0) is 17.4 Å². The molecule has 18 heavy (non-hydrogen) atoms. The van der Waals surface area contributed by atoms with Gasteiger partial charge in [-0.2, -0.15) is 0 Å². The molecular formula is C16H24O2. The molecule has 1 rings (SSSR count). The summed E-state index contributed by atoms with van der Waals surface area (Å²) < 4.78 is 5.36. The molecule has 100 valence electrons. The number of rotatable bonds is 5. The zero-order valence-electron chi connectivity index (χ0n) is 12.1. The Morgan fingerprint density at radius 3 is 2.17 bits per heavy atom. The summed E-state index contributed by atoms with van der Waals surface area (Å²) in [5.41, 5.74) is 1.82. The van der Waals surface area contributed by atoms with Crippen LogP contribution in [0.3, 0.4) is 0 Å². The van der Waals surface area contributed by atoms with Crippen LogP contribution in [0.5, 0.6) is 0 Å². The van der Waals surface area contributed by atoms with Gasteiger partial charge in [0.2, 0.25) is 0 Å². The molecule has 1 aromatic rings. The summed E-state index contributed by atoms with van der Waals surface area (Å²) >= 11 is 0. The zero-order chi connectivity index (χ0) is 13.8. The lowest BCUT2D eigenvalue weighted by Crippen LogP contribution is -2.36. The maximum atomic E-state index is 12.4. The van der Waals surface area contributed by atoms with Crippen LogP contribution in [0.2, 0.25) is 0 Å². The highest BCUT2D eigenvalue weighted by atomic mass is 16.5. The minimum Gasteiger partial charge on any atom is -0.373 e. The van der Waals surface area contributed by atoms with Crippen LogP contribution >= 0.6 is 0 Å². The van der Waals surface area contributed by atoms with Crippen molar-refractivity contribution in [2.45, 2.75) is 46.6 Å². The van der Waals surface area contributed by atoms with E-state index in [0.29, 0.717) is 0 Å². The van der Waals surface area contributed by atoms with Crippen LogP contribution in [0.25, 0.3) is 0 Å². The highest BCUT2D eigenvalue weighted by molar-refractivity contribution is 6.00. The molecule has 1 unspecified atom stereocenters. The van der Waals surface area contributed by atoms with Crippen molar-refractivity contribution in [1.82, 2.24) is 0 Å². The standard InChI is InChI=1S/C16H24O2/c1-6-7-12-8-10-13(11-9-12)14(17)15(18-5)16(2,3)4/h8-11,15H,6-7H2,1-5H3. The minimum absolute atomic E-state index is 0.0630. The van der Waals surface area contributed by atoms with E-state index in [-0.39, 0.29) is 11.2 Å². The van der Waals surface area contributed by atoms with Gasteiger partial charge in [-0.15, -0.1) is 0 Å². The van der Waals surface area contributed by atoms with Crippen LogP contribution in [-0.4, -0.2) is 19.0 Å². The average Bonchev–Trinajstić information content (AvgIpc) is 2.29. The summed E-state index contributed by atoms with van der Waals surface area (Å²) in [6.07, 6.45) is 1.78. The number of ketones is 1. The van der Waals surface area contributed by atoms with Crippen LogP contribution < -0.4 is 0 Å². The maximum absolute atomic E-state index is 12.4. The van der Waals surface area contributed by atoms with Crippen molar-refractivity contribution < 1.29 is 9.53 Å². The Balaban J connectivity index is 2.89. The van der Waals surface area contributed by atoms with Gasteiger partial charge in [0, 0.05) is 12.7 Å². The van der Waals surface area contributed by atoms with Gasteiger partial charge in [0.15, 0.2) is 5.78 Å². The summed E-state index contributed by atoms with van der Waals surface area (Å²) in [6.45, 7) is 8.21. The number of ether oxygens (including phenoxy) is 1. The molecule has 0 N–H and O–H groups in total. The maximum Gasteiger partial charge on any atom is 0.192 e. The number of methoxy groups -OCH3 is 1. The van der Waals surface area contributed by atoms with E-state index in [2.05, 4.69) is 6.92 Å². The third-order valence-electron chi connectivity index (χ3n) is 3.04. The SMILES string of the molecule is CCCc1ccc(C(=O)C(OC)C(C)(C)C)cc1.